The topological polar surface area (TPSA) is 59.3 Å². The monoisotopic (exact) mass is 268 g/mol. The zero-order chi connectivity index (χ0) is 10.8. The number of hydrogen-bond acceptors (Lipinski definition) is 4. The first-order valence-electron chi connectivity index (χ1n) is 4.40. The van der Waals surface area contributed by atoms with Gasteiger partial charge >= 0.3 is 0 Å². The second-order valence-corrected chi connectivity index (χ2v) is 3.83. The minimum atomic E-state index is -0.0425. The highest BCUT2D eigenvalue weighted by Gasteiger charge is 2.08. The Kier molecular flexibility index (Phi) is 2.79. The van der Waals surface area contributed by atoms with Gasteiger partial charge in [0.25, 0.3) is 0 Å². The fourth-order valence-electron chi connectivity index (χ4n) is 1.25. The predicted molar refractivity (Wildman–Crippen MR) is 58.9 cm³/mol. The van der Waals surface area contributed by atoms with Gasteiger partial charge in [-0.2, -0.15) is 0 Å². The van der Waals surface area contributed by atoms with Crippen LogP contribution >= 0.6 is 15.9 Å². The fourth-order valence-corrected chi connectivity index (χ4v) is 1.63. The lowest BCUT2D eigenvalue weighted by Crippen LogP contribution is -2.19. The highest BCUT2D eigenvalue weighted by atomic mass is 79.9. The molecule has 0 amide bonds. The molecule has 0 fully saturated rings. The van der Waals surface area contributed by atoms with Crippen LogP contribution in [0.4, 0.5) is 0 Å². The van der Waals surface area contributed by atoms with Crippen LogP contribution in [0.2, 0.25) is 0 Å². The predicted octanol–water partition coefficient (Wildman–Crippen LogP) is 0.894. The first kappa shape index (κ1) is 10.3. The molecular weight excluding hydrogens is 260 g/mol. The van der Waals surface area contributed by atoms with Crippen molar-refractivity contribution in [1.29, 1.82) is 0 Å². The molecule has 0 aliphatic carbocycles. The highest BCUT2D eigenvalue weighted by molar-refractivity contribution is 9.10. The lowest BCUT2D eigenvalue weighted by Gasteiger charge is -2.00. The summed E-state index contributed by atoms with van der Waals surface area (Å²) < 4.78 is 2.58. The van der Waals surface area contributed by atoms with E-state index in [0.717, 1.165) is 4.60 Å². The summed E-state index contributed by atoms with van der Waals surface area (Å²) in [5, 5.41) is 2.79. The number of hydrogen-bond donors (Lipinski definition) is 1. The summed E-state index contributed by atoms with van der Waals surface area (Å²) in [7, 11) is 1.72. The van der Waals surface area contributed by atoms with Crippen LogP contribution in [0.3, 0.4) is 0 Å². The van der Waals surface area contributed by atoms with E-state index in [2.05, 4.69) is 31.2 Å². The number of nitrogens with zero attached hydrogens (tertiary/aromatic N) is 3. The molecule has 2 aromatic heterocycles. The summed E-state index contributed by atoms with van der Waals surface area (Å²) in [4.78, 5) is 19.7. The van der Waals surface area contributed by atoms with Gasteiger partial charge in [0.2, 0.25) is 5.78 Å². The Hall–Kier alpha value is -1.27. The van der Waals surface area contributed by atoms with Gasteiger partial charge < -0.3 is 5.32 Å². The molecule has 0 spiro atoms. The number of imidazole rings is 1. The van der Waals surface area contributed by atoms with Crippen molar-refractivity contribution in [3.8, 4) is 0 Å². The van der Waals surface area contributed by atoms with Gasteiger partial charge in [-0.25, -0.2) is 9.97 Å². The minimum absolute atomic E-state index is 0.0425. The molecule has 0 unspecified atom stereocenters. The standard InChI is InChI=1S/C9H9BrN4O/c1-11-4-7(15)6-2-3-14-8(10)5-12-9(14)13-6/h2-3,5,11H,4H2,1H3. The van der Waals surface area contributed by atoms with Crippen LogP contribution in [-0.4, -0.2) is 33.7 Å². The van der Waals surface area contributed by atoms with Gasteiger partial charge in [-0.3, -0.25) is 9.20 Å². The van der Waals surface area contributed by atoms with Crippen molar-refractivity contribution in [2.75, 3.05) is 13.6 Å². The van der Waals surface area contributed by atoms with E-state index in [4.69, 9.17) is 0 Å². The lowest BCUT2D eigenvalue weighted by molar-refractivity contribution is 0.0989. The third-order valence-corrected chi connectivity index (χ3v) is 2.54. The number of halogens is 1. The fraction of sp³-hybridized carbons (Fsp3) is 0.222. The molecule has 0 radical (unpaired) electrons. The van der Waals surface area contributed by atoms with Crippen LogP contribution in [0.25, 0.3) is 5.78 Å². The van der Waals surface area contributed by atoms with Gasteiger partial charge in [0.15, 0.2) is 5.78 Å². The second-order valence-electron chi connectivity index (χ2n) is 3.02. The van der Waals surface area contributed by atoms with E-state index in [0.29, 0.717) is 11.5 Å². The number of aromatic nitrogens is 3. The number of likely N-dealkylation sites (N-methyl/N-ethyl adjacent to an activating group) is 1. The number of carbonyl (C=O) groups is 1. The van der Waals surface area contributed by atoms with E-state index in [1.807, 2.05) is 0 Å². The largest absolute Gasteiger partial charge is 0.313 e. The molecule has 0 saturated heterocycles. The number of ketones is 1. The number of rotatable bonds is 3. The number of Topliss-reactive ketones (excluding diaryl/α,β-unsaturated/α-hetero) is 1. The normalized spacial score (nSPS) is 10.8. The highest BCUT2D eigenvalue weighted by Crippen LogP contribution is 2.11. The molecule has 2 rings (SSSR count). The first-order valence-corrected chi connectivity index (χ1v) is 5.19. The third-order valence-electron chi connectivity index (χ3n) is 1.96. The van der Waals surface area contributed by atoms with Gasteiger partial charge in [-0.15, -0.1) is 0 Å². The Morgan fingerprint density at radius 3 is 3.20 bits per heavy atom. The molecule has 0 aliphatic rings. The van der Waals surface area contributed by atoms with E-state index in [1.165, 1.54) is 0 Å². The van der Waals surface area contributed by atoms with Crippen molar-refractivity contribution in [3.63, 3.8) is 0 Å². The molecule has 6 heteroatoms. The third kappa shape index (κ3) is 1.91. The van der Waals surface area contributed by atoms with Gasteiger partial charge in [0.1, 0.15) is 10.3 Å². The van der Waals surface area contributed by atoms with Crippen molar-refractivity contribution in [2.24, 2.45) is 0 Å². The SMILES string of the molecule is CNCC(=O)c1ccn2c(Br)cnc2n1. The maximum atomic E-state index is 11.5. The van der Waals surface area contributed by atoms with E-state index in [-0.39, 0.29) is 12.3 Å². The minimum Gasteiger partial charge on any atom is -0.313 e. The molecule has 2 heterocycles. The summed E-state index contributed by atoms with van der Waals surface area (Å²) in [5.41, 5.74) is 0.426. The van der Waals surface area contributed by atoms with Gasteiger partial charge in [0, 0.05) is 6.20 Å². The summed E-state index contributed by atoms with van der Waals surface area (Å²) in [6, 6.07) is 1.68. The molecule has 0 aromatic carbocycles. The summed E-state index contributed by atoms with van der Waals surface area (Å²) in [5.74, 6) is 0.475. The van der Waals surface area contributed by atoms with Gasteiger partial charge in [-0.05, 0) is 29.0 Å². The summed E-state index contributed by atoms with van der Waals surface area (Å²) in [6.45, 7) is 0.283. The Morgan fingerprint density at radius 1 is 1.67 bits per heavy atom. The zero-order valence-electron chi connectivity index (χ0n) is 8.07. The summed E-state index contributed by atoms with van der Waals surface area (Å²) in [6.07, 6.45) is 3.41. The molecule has 5 nitrogen and oxygen atoms in total. The van der Waals surface area contributed by atoms with Crippen molar-refractivity contribution in [2.45, 2.75) is 0 Å². The Morgan fingerprint density at radius 2 is 2.47 bits per heavy atom. The number of nitrogens with one attached hydrogen (secondary N) is 1. The van der Waals surface area contributed by atoms with Crippen LogP contribution in [-0.2, 0) is 0 Å². The Labute approximate surface area is 94.7 Å². The van der Waals surface area contributed by atoms with Crippen LogP contribution in [0.15, 0.2) is 23.1 Å². The Balaban J connectivity index is 2.43. The molecule has 78 valence electrons. The lowest BCUT2D eigenvalue weighted by atomic mass is 10.3. The molecule has 0 atom stereocenters. The van der Waals surface area contributed by atoms with E-state index in [9.17, 15) is 4.79 Å². The van der Waals surface area contributed by atoms with Crippen molar-refractivity contribution < 1.29 is 4.79 Å². The second kappa shape index (κ2) is 4.08. The van der Waals surface area contributed by atoms with Crippen molar-refractivity contribution in [3.05, 3.63) is 28.8 Å². The number of carbonyl (C=O) groups excluding carboxylic acids is 1. The average molecular weight is 269 g/mol. The molecule has 0 aliphatic heterocycles. The van der Waals surface area contributed by atoms with E-state index < -0.39 is 0 Å². The van der Waals surface area contributed by atoms with Crippen molar-refractivity contribution >= 4 is 27.5 Å². The van der Waals surface area contributed by atoms with E-state index in [1.54, 1.807) is 29.9 Å². The quantitative estimate of drug-likeness (QED) is 0.841. The zero-order valence-corrected chi connectivity index (χ0v) is 9.65. The van der Waals surface area contributed by atoms with Gasteiger partial charge in [0.05, 0.1) is 12.7 Å². The van der Waals surface area contributed by atoms with E-state index >= 15 is 0 Å². The molecule has 15 heavy (non-hydrogen) atoms. The first-order chi connectivity index (χ1) is 7.22. The number of fused-ring (bicyclic) bond motifs is 1. The Bertz CT molecular complexity index is 508. The van der Waals surface area contributed by atoms with Crippen LogP contribution < -0.4 is 5.32 Å². The maximum absolute atomic E-state index is 11.5. The van der Waals surface area contributed by atoms with Crippen LogP contribution in [0, 0.1) is 0 Å². The summed E-state index contributed by atoms with van der Waals surface area (Å²) >= 11 is 3.32. The molecule has 0 bridgehead atoms. The smallest absolute Gasteiger partial charge is 0.235 e. The van der Waals surface area contributed by atoms with Gasteiger partial charge in [-0.1, -0.05) is 0 Å². The molecule has 2 aromatic rings. The molecular formula is C9H9BrN4O. The average Bonchev–Trinajstić information content (AvgIpc) is 2.60. The van der Waals surface area contributed by atoms with Crippen LogP contribution in [0.5, 0.6) is 0 Å². The molecule has 0 saturated carbocycles. The van der Waals surface area contributed by atoms with Crippen molar-refractivity contribution in [1.82, 2.24) is 19.7 Å². The maximum Gasteiger partial charge on any atom is 0.235 e. The molecule has 1 N–H and O–H groups in total. The van der Waals surface area contributed by atoms with Crippen LogP contribution in [0.1, 0.15) is 10.5 Å².